The van der Waals surface area contributed by atoms with Crippen LogP contribution in [0.15, 0.2) is 30.3 Å². The van der Waals surface area contributed by atoms with E-state index < -0.39 is 6.10 Å². The predicted molar refractivity (Wildman–Crippen MR) is 70.0 cm³/mol. The molecule has 1 saturated heterocycles. The number of aliphatic hydroxyl groups excluding tert-OH is 1. The Balaban J connectivity index is 1.80. The molecule has 1 aliphatic heterocycles. The zero-order valence-electron chi connectivity index (χ0n) is 10.4. The third kappa shape index (κ3) is 3.55. The Morgan fingerprint density at radius 2 is 2.22 bits per heavy atom. The molecule has 0 saturated carbocycles. The molecule has 0 spiro atoms. The molecule has 0 radical (unpaired) electrons. The zero-order valence-corrected chi connectivity index (χ0v) is 10.4. The molecule has 0 bridgehead atoms. The van der Waals surface area contributed by atoms with E-state index in [0.29, 0.717) is 18.0 Å². The van der Waals surface area contributed by atoms with Crippen molar-refractivity contribution in [2.75, 3.05) is 19.6 Å². The summed E-state index contributed by atoms with van der Waals surface area (Å²) in [5.74, 6) is 0.164. The van der Waals surface area contributed by atoms with E-state index in [1.807, 2.05) is 18.2 Å². The number of benzene rings is 1. The maximum absolute atomic E-state index is 11.8. The van der Waals surface area contributed by atoms with Crippen molar-refractivity contribution in [2.45, 2.75) is 18.9 Å². The SMILES string of the molecule is O=C(NCC1CCCNC1)C(O)c1ccccc1. The molecule has 1 aromatic carbocycles. The summed E-state index contributed by atoms with van der Waals surface area (Å²) in [5.41, 5.74) is 0.636. The van der Waals surface area contributed by atoms with E-state index >= 15 is 0 Å². The number of piperidine rings is 1. The molecule has 2 unspecified atom stereocenters. The lowest BCUT2D eigenvalue weighted by atomic mass is 9.99. The van der Waals surface area contributed by atoms with Crippen LogP contribution >= 0.6 is 0 Å². The van der Waals surface area contributed by atoms with Crippen molar-refractivity contribution in [2.24, 2.45) is 5.92 Å². The largest absolute Gasteiger partial charge is 0.378 e. The summed E-state index contributed by atoms with van der Waals surface area (Å²) in [7, 11) is 0. The van der Waals surface area contributed by atoms with Crippen LogP contribution in [0.1, 0.15) is 24.5 Å². The van der Waals surface area contributed by atoms with Crippen LogP contribution in [0.2, 0.25) is 0 Å². The minimum absolute atomic E-state index is 0.313. The summed E-state index contributed by atoms with van der Waals surface area (Å²) in [4.78, 5) is 11.8. The fourth-order valence-corrected chi connectivity index (χ4v) is 2.23. The number of carbonyl (C=O) groups excluding carboxylic acids is 1. The first-order valence-electron chi connectivity index (χ1n) is 6.49. The molecule has 2 rings (SSSR count). The number of carbonyl (C=O) groups is 1. The number of hydrogen-bond acceptors (Lipinski definition) is 3. The second-order valence-corrected chi connectivity index (χ2v) is 4.77. The smallest absolute Gasteiger partial charge is 0.253 e. The molecule has 98 valence electrons. The minimum atomic E-state index is -1.07. The summed E-state index contributed by atoms with van der Waals surface area (Å²) >= 11 is 0. The van der Waals surface area contributed by atoms with E-state index in [1.165, 1.54) is 0 Å². The molecule has 4 nitrogen and oxygen atoms in total. The van der Waals surface area contributed by atoms with Crippen molar-refractivity contribution in [3.63, 3.8) is 0 Å². The van der Waals surface area contributed by atoms with Gasteiger partial charge in [0, 0.05) is 6.54 Å². The van der Waals surface area contributed by atoms with Crippen molar-refractivity contribution in [3.05, 3.63) is 35.9 Å². The monoisotopic (exact) mass is 248 g/mol. The lowest BCUT2D eigenvalue weighted by molar-refractivity contribution is -0.129. The van der Waals surface area contributed by atoms with Crippen LogP contribution in [0.5, 0.6) is 0 Å². The second-order valence-electron chi connectivity index (χ2n) is 4.77. The standard InChI is InChI=1S/C14H20N2O2/c17-13(12-6-2-1-3-7-12)14(18)16-10-11-5-4-8-15-9-11/h1-3,6-7,11,13,15,17H,4-5,8-10H2,(H,16,18). The first kappa shape index (κ1) is 13.1. The fraction of sp³-hybridized carbons (Fsp3) is 0.500. The summed E-state index contributed by atoms with van der Waals surface area (Å²) in [6.07, 6.45) is 1.22. The van der Waals surface area contributed by atoms with Crippen molar-refractivity contribution in [3.8, 4) is 0 Å². The number of hydrogen-bond donors (Lipinski definition) is 3. The third-order valence-corrected chi connectivity index (χ3v) is 3.33. The Hall–Kier alpha value is -1.39. The highest BCUT2D eigenvalue weighted by atomic mass is 16.3. The van der Waals surface area contributed by atoms with Gasteiger partial charge in [-0.1, -0.05) is 30.3 Å². The lowest BCUT2D eigenvalue weighted by Crippen LogP contribution is -2.39. The van der Waals surface area contributed by atoms with Crippen LogP contribution in [-0.4, -0.2) is 30.6 Å². The topological polar surface area (TPSA) is 61.4 Å². The van der Waals surface area contributed by atoms with Gasteiger partial charge in [-0.3, -0.25) is 4.79 Å². The summed E-state index contributed by atoms with van der Waals surface area (Å²) in [5, 5.41) is 16.0. The average molecular weight is 248 g/mol. The van der Waals surface area contributed by atoms with Gasteiger partial charge in [-0.25, -0.2) is 0 Å². The van der Waals surface area contributed by atoms with Crippen LogP contribution in [-0.2, 0) is 4.79 Å². The molecule has 4 heteroatoms. The Kier molecular flexibility index (Phi) is 4.73. The van der Waals surface area contributed by atoms with Gasteiger partial charge in [0.1, 0.15) is 0 Å². The number of aliphatic hydroxyl groups is 1. The molecular weight excluding hydrogens is 228 g/mol. The van der Waals surface area contributed by atoms with Gasteiger partial charge in [0.25, 0.3) is 5.91 Å². The molecule has 0 aromatic heterocycles. The molecule has 2 atom stereocenters. The van der Waals surface area contributed by atoms with Crippen molar-refractivity contribution in [1.82, 2.24) is 10.6 Å². The molecule has 3 N–H and O–H groups in total. The highest BCUT2D eigenvalue weighted by Crippen LogP contribution is 2.13. The molecule has 0 aliphatic carbocycles. The van der Waals surface area contributed by atoms with Crippen LogP contribution < -0.4 is 10.6 Å². The summed E-state index contributed by atoms with van der Waals surface area (Å²) in [6.45, 7) is 2.65. The van der Waals surface area contributed by atoms with Gasteiger partial charge >= 0.3 is 0 Å². The highest BCUT2D eigenvalue weighted by molar-refractivity contribution is 5.81. The minimum Gasteiger partial charge on any atom is -0.378 e. The van der Waals surface area contributed by atoms with Crippen LogP contribution in [0.25, 0.3) is 0 Å². The molecule has 1 heterocycles. The Labute approximate surface area is 107 Å². The third-order valence-electron chi connectivity index (χ3n) is 3.33. The van der Waals surface area contributed by atoms with E-state index in [1.54, 1.807) is 12.1 Å². The van der Waals surface area contributed by atoms with E-state index in [9.17, 15) is 9.90 Å². The lowest BCUT2D eigenvalue weighted by Gasteiger charge is -2.23. The van der Waals surface area contributed by atoms with Crippen molar-refractivity contribution in [1.29, 1.82) is 0 Å². The van der Waals surface area contributed by atoms with Gasteiger partial charge in [-0.05, 0) is 37.4 Å². The van der Waals surface area contributed by atoms with Gasteiger partial charge in [-0.2, -0.15) is 0 Å². The van der Waals surface area contributed by atoms with Gasteiger partial charge in [-0.15, -0.1) is 0 Å². The van der Waals surface area contributed by atoms with Gasteiger partial charge in [0.05, 0.1) is 0 Å². The van der Waals surface area contributed by atoms with Gasteiger partial charge < -0.3 is 15.7 Å². The number of rotatable bonds is 4. The Bertz CT molecular complexity index is 375. The van der Waals surface area contributed by atoms with E-state index in [0.717, 1.165) is 25.9 Å². The maximum atomic E-state index is 11.8. The summed E-state index contributed by atoms with van der Waals surface area (Å²) in [6, 6.07) is 9.01. The maximum Gasteiger partial charge on any atom is 0.253 e. The van der Waals surface area contributed by atoms with Crippen molar-refractivity contribution < 1.29 is 9.90 Å². The molecule has 1 fully saturated rings. The normalized spacial score (nSPS) is 21.3. The van der Waals surface area contributed by atoms with E-state index in [-0.39, 0.29) is 5.91 Å². The fourth-order valence-electron chi connectivity index (χ4n) is 2.23. The van der Waals surface area contributed by atoms with Crippen molar-refractivity contribution >= 4 is 5.91 Å². The van der Waals surface area contributed by atoms with Gasteiger partial charge in [0.15, 0.2) is 6.10 Å². The van der Waals surface area contributed by atoms with E-state index in [4.69, 9.17) is 0 Å². The van der Waals surface area contributed by atoms with Gasteiger partial charge in [0.2, 0.25) is 0 Å². The molecule has 18 heavy (non-hydrogen) atoms. The summed E-state index contributed by atoms with van der Waals surface area (Å²) < 4.78 is 0. The quantitative estimate of drug-likeness (QED) is 0.740. The Morgan fingerprint density at radius 3 is 2.89 bits per heavy atom. The average Bonchev–Trinajstić information content (AvgIpc) is 2.46. The first-order chi connectivity index (χ1) is 8.77. The van der Waals surface area contributed by atoms with E-state index in [2.05, 4.69) is 10.6 Å². The molecule has 1 aromatic rings. The number of amides is 1. The molecule has 1 amide bonds. The van der Waals surface area contributed by atoms with Crippen LogP contribution in [0, 0.1) is 5.92 Å². The second kappa shape index (κ2) is 6.52. The predicted octanol–water partition coefficient (Wildman–Crippen LogP) is 0.836. The van der Waals surface area contributed by atoms with Crippen LogP contribution in [0.4, 0.5) is 0 Å². The zero-order chi connectivity index (χ0) is 12.8. The molecule has 1 aliphatic rings. The highest BCUT2D eigenvalue weighted by Gasteiger charge is 2.19. The Morgan fingerprint density at radius 1 is 1.44 bits per heavy atom. The molecular formula is C14H20N2O2. The number of nitrogens with one attached hydrogen (secondary N) is 2. The van der Waals surface area contributed by atoms with Crippen LogP contribution in [0.3, 0.4) is 0 Å². The first-order valence-corrected chi connectivity index (χ1v) is 6.49.